The molecule has 2 aromatic rings. The summed E-state index contributed by atoms with van der Waals surface area (Å²) in [7, 11) is 0. The van der Waals surface area contributed by atoms with Crippen LogP contribution in [-0.2, 0) is 11.3 Å². The second kappa shape index (κ2) is 6.83. The molecule has 3 rings (SSSR count). The minimum absolute atomic E-state index is 0.138. The van der Waals surface area contributed by atoms with E-state index in [0.29, 0.717) is 23.4 Å². The Bertz CT molecular complexity index is 878. The number of carboxylic acids is 1. The van der Waals surface area contributed by atoms with Gasteiger partial charge in [-0.05, 0) is 30.2 Å². The largest absolute Gasteiger partial charge is 0.478 e. The topological polar surface area (TPSA) is 110 Å². The molecule has 26 heavy (non-hydrogen) atoms. The summed E-state index contributed by atoms with van der Waals surface area (Å²) < 4.78 is 5.66. The highest BCUT2D eigenvalue weighted by Gasteiger charge is 2.34. The molecule has 1 aliphatic heterocycles. The number of nitro groups is 1. The first kappa shape index (κ1) is 17.4. The molecule has 0 aliphatic carbocycles. The van der Waals surface area contributed by atoms with Crippen molar-refractivity contribution in [2.24, 2.45) is 0 Å². The Labute approximate surface area is 148 Å². The summed E-state index contributed by atoms with van der Waals surface area (Å²) in [5.74, 6) is -0.918. The van der Waals surface area contributed by atoms with Crippen LogP contribution in [0.3, 0.4) is 0 Å². The Morgan fingerprint density at radius 1 is 1.27 bits per heavy atom. The van der Waals surface area contributed by atoms with E-state index in [4.69, 9.17) is 9.84 Å². The normalized spacial score (nSPS) is 16.0. The van der Waals surface area contributed by atoms with E-state index in [0.717, 1.165) is 0 Å². The first-order chi connectivity index (χ1) is 12.4. The van der Waals surface area contributed by atoms with Crippen molar-refractivity contribution in [3.63, 3.8) is 0 Å². The van der Waals surface area contributed by atoms with E-state index in [-0.39, 0.29) is 23.7 Å². The fraction of sp³-hybridized carbons (Fsp3) is 0.222. The zero-order chi connectivity index (χ0) is 18.8. The summed E-state index contributed by atoms with van der Waals surface area (Å²) in [6.45, 7) is 1.98. The van der Waals surface area contributed by atoms with E-state index in [1.54, 1.807) is 12.1 Å². The minimum atomic E-state index is -1.04. The van der Waals surface area contributed by atoms with Crippen molar-refractivity contribution >= 4 is 23.3 Å². The first-order valence-corrected chi connectivity index (χ1v) is 7.99. The van der Waals surface area contributed by atoms with Gasteiger partial charge in [0.25, 0.3) is 11.6 Å². The molecule has 1 aliphatic rings. The number of carboxylic acid groups (broad SMARTS) is 1. The molecule has 1 N–H and O–H groups in total. The lowest BCUT2D eigenvalue weighted by atomic mass is 10.1. The maximum absolute atomic E-state index is 12.7. The lowest BCUT2D eigenvalue weighted by molar-refractivity contribution is -0.384. The lowest BCUT2D eigenvalue weighted by Gasteiger charge is -2.34. The molecule has 0 radical (unpaired) electrons. The first-order valence-electron chi connectivity index (χ1n) is 7.99. The van der Waals surface area contributed by atoms with Crippen LogP contribution in [0.25, 0.3) is 0 Å². The van der Waals surface area contributed by atoms with Gasteiger partial charge in [0.05, 0.1) is 22.7 Å². The number of amides is 1. The summed E-state index contributed by atoms with van der Waals surface area (Å²) in [4.78, 5) is 35.6. The van der Waals surface area contributed by atoms with E-state index in [9.17, 15) is 19.7 Å². The molecular formula is C18H16N2O6. The number of hydrogen-bond acceptors (Lipinski definition) is 5. The van der Waals surface area contributed by atoms with Gasteiger partial charge in [-0.15, -0.1) is 0 Å². The number of benzene rings is 2. The zero-order valence-corrected chi connectivity index (χ0v) is 13.9. The lowest BCUT2D eigenvalue weighted by Crippen LogP contribution is -2.45. The summed E-state index contributed by atoms with van der Waals surface area (Å²) >= 11 is 0. The molecule has 0 spiro atoms. The molecule has 1 atom stereocenters. The quantitative estimate of drug-likeness (QED) is 0.651. The van der Waals surface area contributed by atoms with Crippen molar-refractivity contribution in [3.05, 3.63) is 63.7 Å². The minimum Gasteiger partial charge on any atom is -0.478 e. The molecule has 1 unspecified atom stereocenters. The number of carbonyl (C=O) groups excluding carboxylic acids is 1. The molecule has 8 heteroatoms. The second-order valence-corrected chi connectivity index (χ2v) is 5.85. The molecule has 0 saturated carbocycles. The van der Waals surface area contributed by atoms with Crippen LogP contribution in [0.2, 0.25) is 0 Å². The van der Waals surface area contributed by atoms with Crippen LogP contribution < -0.4 is 9.64 Å². The molecule has 8 nitrogen and oxygen atoms in total. The van der Waals surface area contributed by atoms with Gasteiger partial charge in [0.15, 0.2) is 6.10 Å². The number of ether oxygens (including phenoxy) is 1. The van der Waals surface area contributed by atoms with Gasteiger partial charge in [0, 0.05) is 12.1 Å². The predicted molar refractivity (Wildman–Crippen MR) is 92.4 cm³/mol. The Morgan fingerprint density at radius 3 is 2.54 bits per heavy atom. The van der Waals surface area contributed by atoms with Crippen LogP contribution in [0, 0.1) is 10.1 Å². The maximum Gasteiger partial charge on any atom is 0.335 e. The molecule has 0 bridgehead atoms. The third-order valence-electron chi connectivity index (χ3n) is 4.17. The summed E-state index contributed by atoms with van der Waals surface area (Å²) in [6.07, 6.45) is -0.203. The van der Waals surface area contributed by atoms with Crippen molar-refractivity contribution in [1.82, 2.24) is 0 Å². The van der Waals surface area contributed by atoms with Gasteiger partial charge in [0.2, 0.25) is 0 Å². The highest BCUT2D eigenvalue weighted by molar-refractivity contribution is 6.00. The van der Waals surface area contributed by atoms with Crippen LogP contribution in [0.1, 0.15) is 29.3 Å². The number of hydrogen-bond donors (Lipinski definition) is 1. The van der Waals surface area contributed by atoms with Crippen molar-refractivity contribution in [2.45, 2.75) is 26.0 Å². The van der Waals surface area contributed by atoms with Crippen molar-refractivity contribution in [3.8, 4) is 5.75 Å². The molecule has 0 saturated heterocycles. The van der Waals surface area contributed by atoms with Crippen molar-refractivity contribution in [1.29, 1.82) is 0 Å². The van der Waals surface area contributed by atoms with Gasteiger partial charge in [-0.1, -0.05) is 19.1 Å². The van der Waals surface area contributed by atoms with E-state index in [1.165, 1.54) is 35.2 Å². The van der Waals surface area contributed by atoms with Crippen LogP contribution in [0.15, 0.2) is 42.5 Å². The molecule has 1 amide bonds. The molecule has 1 heterocycles. The third-order valence-corrected chi connectivity index (χ3v) is 4.17. The monoisotopic (exact) mass is 356 g/mol. The molecule has 0 aromatic heterocycles. The fourth-order valence-corrected chi connectivity index (χ4v) is 2.78. The van der Waals surface area contributed by atoms with Crippen LogP contribution in [0.5, 0.6) is 5.75 Å². The summed E-state index contributed by atoms with van der Waals surface area (Å²) in [5.41, 5.74) is 1.04. The third kappa shape index (κ3) is 3.21. The van der Waals surface area contributed by atoms with Gasteiger partial charge in [-0.2, -0.15) is 0 Å². The fourth-order valence-electron chi connectivity index (χ4n) is 2.78. The summed E-state index contributed by atoms with van der Waals surface area (Å²) in [5, 5.41) is 20.0. The second-order valence-electron chi connectivity index (χ2n) is 5.85. The Hall–Kier alpha value is -3.42. The van der Waals surface area contributed by atoms with E-state index < -0.39 is 17.0 Å². The number of nitrogens with zero attached hydrogens (tertiary/aromatic N) is 2. The maximum atomic E-state index is 12.7. The van der Waals surface area contributed by atoms with Gasteiger partial charge in [-0.25, -0.2) is 4.79 Å². The Balaban J connectivity index is 1.98. The zero-order valence-electron chi connectivity index (χ0n) is 13.9. The molecule has 2 aromatic carbocycles. The number of rotatable bonds is 5. The van der Waals surface area contributed by atoms with Crippen molar-refractivity contribution in [2.75, 3.05) is 4.90 Å². The number of fused-ring (bicyclic) bond motifs is 1. The van der Waals surface area contributed by atoms with E-state index >= 15 is 0 Å². The van der Waals surface area contributed by atoms with Gasteiger partial charge in [-0.3, -0.25) is 14.9 Å². The number of nitro benzene ring substituents is 1. The van der Waals surface area contributed by atoms with Gasteiger partial charge < -0.3 is 14.7 Å². The van der Waals surface area contributed by atoms with Crippen LogP contribution in [0.4, 0.5) is 11.4 Å². The standard InChI is InChI=1S/C18H16N2O6/c1-2-15-17(21)19(10-11-3-5-12(6-4-11)18(22)23)14-9-13(20(24)25)7-8-16(14)26-15/h3-9,15H,2,10H2,1H3,(H,22,23). The Morgan fingerprint density at radius 2 is 1.96 bits per heavy atom. The smallest absolute Gasteiger partial charge is 0.335 e. The highest BCUT2D eigenvalue weighted by atomic mass is 16.6. The van der Waals surface area contributed by atoms with Crippen LogP contribution in [-0.4, -0.2) is 28.0 Å². The van der Waals surface area contributed by atoms with Crippen LogP contribution >= 0.6 is 0 Å². The number of anilines is 1. The number of non-ortho nitro benzene ring substituents is 1. The molecule has 0 fully saturated rings. The Kier molecular flexibility index (Phi) is 4.57. The molecular weight excluding hydrogens is 340 g/mol. The molecule has 134 valence electrons. The predicted octanol–water partition coefficient (Wildman–Crippen LogP) is 3.00. The van der Waals surface area contributed by atoms with E-state index in [1.807, 2.05) is 6.92 Å². The average molecular weight is 356 g/mol. The average Bonchev–Trinajstić information content (AvgIpc) is 2.63. The van der Waals surface area contributed by atoms with Gasteiger partial charge >= 0.3 is 5.97 Å². The van der Waals surface area contributed by atoms with Crippen molar-refractivity contribution < 1.29 is 24.4 Å². The van der Waals surface area contributed by atoms with E-state index in [2.05, 4.69) is 0 Å². The highest BCUT2D eigenvalue weighted by Crippen LogP contribution is 2.38. The number of aromatic carboxylic acids is 1. The van der Waals surface area contributed by atoms with Gasteiger partial charge in [0.1, 0.15) is 5.75 Å². The number of carbonyl (C=O) groups is 2. The SMILES string of the molecule is CCC1Oc2ccc([N+](=O)[O-])cc2N(Cc2ccc(C(=O)O)cc2)C1=O. The summed E-state index contributed by atoms with van der Waals surface area (Å²) in [6, 6.07) is 10.3.